The van der Waals surface area contributed by atoms with Gasteiger partial charge in [0.2, 0.25) is 0 Å². The second kappa shape index (κ2) is 12.1. The first-order valence-electron chi connectivity index (χ1n) is 9.32. The first-order valence-corrected chi connectivity index (χ1v) is 10.9. The summed E-state index contributed by atoms with van der Waals surface area (Å²) in [6.45, 7) is 0. The molecule has 0 fully saturated rings. The predicted octanol–water partition coefficient (Wildman–Crippen LogP) is 8.89. The Hall–Kier alpha value is -2.99. The number of nitrogens with one attached hydrogen (secondary N) is 2. The summed E-state index contributed by atoms with van der Waals surface area (Å²) in [4.78, 5) is 0. The van der Waals surface area contributed by atoms with Gasteiger partial charge in [-0.15, -0.1) is 0 Å². The third-order valence-corrected chi connectivity index (χ3v) is 6.44. The predicted molar refractivity (Wildman–Crippen MR) is 104 cm³/mol. The van der Waals surface area contributed by atoms with Crippen LogP contribution in [0.5, 0.6) is 0 Å². The van der Waals surface area contributed by atoms with Crippen LogP contribution in [0.1, 0.15) is 12.8 Å². The number of hydrogen-bond donors (Lipinski definition) is 0. The van der Waals surface area contributed by atoms with E-state index < -0.39 is 69.5 Å². The summed E-state index contributed by atoms with van der Waals surface area (Å²) >= 11 is 0.0833. The van der Waals surface area contributed by atoms with Gasteiger partial charge < -0.3 is 11.5 Å². The van der Waals surface area contributed by atoms with Crippen LogP contribution < -0.4 is 0 Å². The average molecular weight is 542 g/mol. The van der Waals surface area contributed by atoms with Crippen LogP contribution in [-0.4, -0.2) is 0 Å². The minimum Gasteiger partial charge on any atom is -0.694 e. The van der Waals surface area contributed by atoms with Crippen LogP contribution in [0.25, 0.3) is 11.5 Å². The summed E-state index contributed by atoms with van der Waals surface area (Å²) in [7, 11) is 0. The maximum atomic E-state index is 12.2. The monoisotopic (exact) mass is 542 g/mol. The number of rotatable bonds is 2. The standard InChI is InChI=1S/2C6HF5N.2C5H5.Ti/c2*7-1-2(8)4(10)6(12)5(11)3(1)9;2*1-2-4-5-3-1;/h2*12H;2*1-3H,4H2;/q2*-1;;;+2. The van der Waals surface area contributed by atoms with E-state index in [1.807, 2.05) is 0 Å². The van der Waals surface area contributed by atoms with Gasteiger partial charge in [-0.1, -0.05) is 11.4 Å². The van der Waals surface area contributed by atoms with Crippen LogP contribution in [0.3, 0.4) is 0 Å². The third kappa shape index (κ3) is 6.58. The van der Waals surface area contributed by atoms with Gasteiger partial charge in [0.1, 0.15) is 23.3 Å². The number of halogens is 10. The third-order valence-electron chi connectivity index (χ3n) is 4.28. The molecule has 0 radical (unpaired) electrons. The second-order valence-corrected chi connectivity index (χ2v) is 9.06. The Labute approximate surface area is 201 Å². The molecular weight excluding hydrogens is 530 g/mol. The van der Waals surface area contributed by atoms with Crippen molar-refractivity contribution in [2.24, 2.45) is 0 Å². The van der Waals surface area contributed by atoms with Crippen LogP contribution in [0.2, 0.25) is 0 Å². The summed E-state index contributed by atoms with van der Waals surface area (Å²) in [5.41, 5.74) is 9.61. The molecule has 0 unspecified atom stereocenters. The van der Waals surface area contributed by atoms with Crippen molar-refractivity contribution in [1.29, 1.82) is 0 Å². The second-order valence-electron chi connectivity index (χ2n) is 6.66. The van der Waals surface area contributed by atoms with Gasteiger partial charge in [0.15, 0.2) is 34.9 Å². The molecule has 0 aliphatic heterocycles. The van der Waals surface area contributed by atoms with Crippen molar-refractivity contribution in [2.45, 2.75) is 12.8 Å². The Balaban J connectivity index is 0.000000185. The molecule has 13 heteroatoms. The van der Waals surface area contributed by atoms with Crippen LogP contribution in [0, 0.1) is 58.2 Å². The summed E-state index contributed by atoms with van der Waals surface area (Å²) in [5, 5.41) is 0. The Morgan fingerprint density at radius 3 is 0.943 bits per heavy atom. The first kappa shape index (κ1) is 28.3. The Morgan fingerprint density at radius 2 is 0.714 bits per heavy atom. The Bertz CT molecular complexity index is 946. The summed E-state index contributed by atoms with van der Waals surface area (Å²) < 4.78 is 125. The Kier molecular flexibility index (Phi) is 9.78. The molecule has 2 aromatic rings. The van der Waals surface area contributed by atoms with Crippen molar-refractivity contribution in [1.82, 2.24) is 0 Å². The summed E-state index contributed by atoms with van der Waals surface area (Å²) in [6.07, 6.45) is 15.9. The Morgan fingerprint density at radius 1 is 0.457 bits per heavy atom. The molecule has 2 aliphatic rings. The minimum atomic E-state index is -2.25. The van der Waals surface area contributed by atoms with E-state index in [4.69, 9.17) is 11.5 Å². The molecule has 35 heavy (non-hydrogen) atoms. The molecule has 2 nitrogen and oxygen atoms in total. The molecule has 0 saturated carbocycles. The molecule has 0 heterocycles. The minimum absolute atomic E-state index is 0.0833. The van der Waals surface area contributed by atoms with E-state index in [2.05, 4.69) is 36.5 Å². The van der Waals surface area contributed by atoms with E-state index in [0.717, 1.165) is 0 Å². The quantitative estimate of drug-likeness (QED) is 0.158. The largest absolute Gasteiger partial charge is 0.694 e. The molecule has 0 amide bonds. The van der Waals surface area contributed by atoms with Crippen LogP contribution in [0.15, 0.2) is 44.2 Å². The zero-order chi connectivity index (χ0) is 26.4. The van der Waals surface area contributed by atoms with Crippen molar-refractivity contribution in [3.63, 3.8) is 0 Å². The molecule has 0 bridgehead atoms. The zero-order valence-corrected chi connectivity index (χ0v) is 18.7. The van der Waals surface area contributed by atoms with Crippen LogP contribution in [0.4, 0.5) is 55.3 Å². The van der Waals surface area contributed by atoms with Crippen molar-refractivity contribution in [3.8, 4) is 0 Å². The van der Waals surface area contributed by atoms with Crippen molar-refractivity contribution >= 4 is 11.4 Å². The summed E-state index contributed by atoms with van der Waals surface area (Å²) in [6, 6.07) is 0. The van der Waals surface area contributed by atoms with Gasteiger partial charge in [-0.2, -0.15) is 0 Å². The van der Waals surface area contributed by atoms with Gasteiger partial charge in [0.05, 0.1) is 0 Å². The maximum absolute atomic E-state index is 12.2. The van der Waals surface area contributed by atoms with Gasteiger partial charge in [0.25, 0.3) is 0 Å². The molecule has 4 rings (SSSR count). The molecule has 2 aromatic carbocycles. The maximum Gasteiger partial charge on any atom is 0.200 e. The average Bonchev–Trinajstić information content (AvgIpc) is 3.57. The van der Waals surface area contributed by atoms with Crippen molar-refractivity contribution < 1.29 is 63.1 Å². The summed E-state index contributed by atoms with van der Waals surface area (Å²) in [5.74, 6) is -21.4. The SMILES string of the molecule is C1=CC[C]([Ti+2][C]2=CC=CC2)=C1.[NH-]c1c(F)c(F)c(F)c(F)c1F.[NH-]c1c(F)c(F)c(F)c(F)c1F. The number of allylic oxidation sites excluding steroid dienone is 8. The first-order chi connectivity index (χ1) is 16.4. The van der Waals surface area contributed by atoms with Gasteiger partial charge in [-0.3, -0.25) is 0 Å². The molecule has 0 aromatic heterocycles. The van der Waals surface area contributed by atoms with E-state index in [1.54, 1.807) is 7.76 Å². The molecule has 0 saturated heterocycles. The smallest absolute Gasteiger partial charge is 0.200 e. The van der Waals surface area contributed by atoms with E-state index in [-0.39, 0.29) is 19.2 Å². The van der Waals surface area contributed by atoms with E-state index in [0.29, 0.717) is 0 Å². The fourth-order valence-corrected chi connectivity index (χ4v) is 4.39. The molecule has 0 spiro atoms. The fourth-order valence-electron chi connectivity index (χ4n) is 2.50. The molecular formula is C22H12F10N2Ti. The van der Waals surface area contributed by atoms with E-state index >= 15 is 0 Å². The topological polar surface area (TPSA) is 47.6 Å². The fraction of sp³-hybridized carbons (Fsp3) is 0.0909. The molecule has 0 atom stereocenters. The van der Waals surface area contributed by atoms with Gasteiger partial charge in [0, 0.05) is 0 Å². The van der Waals surface area contributed by atoms with Crippen LogP contribution >= 0.6 is 0 Å². The van der Waals surface area contributed by atoms with E-state index in [1.165, 1.54) is 12.8 Å². The van der Waals surface area contributed by atoms with E-state index in [9.17, 15) is 43.9 Å². The zero-order valence-electron chi connectivity index (χ0n) is 17.2. The number of hydrogen-bond acceptors (Lipinski definition) is 0. The molecule has 2 N–H and O–H groups in total. The molecule has 184 valence electrons. The van der Waals surface area contributed by atoms with Gasteiger partial charge in [-0.25, -0.2) is 43.9 Å². The number of benzene rings is 2. The van der Waals surface area contributed by atoms with Gasteiger partial charge >= 0.3 is 76.2 Å². The van der Waals surface area contributed by atoms with Crippen molar-refractivity contribution in [3.05, 3.63) is 114 Å². The molecule has 2 aliphatic carbocycles. The normalized spacial score (nSPS) is 13.4. The van der Waals surface area contributed by atoms with Crippen molar-refractivity contribution in [2.75, 3.05) is 0 Å². The van der Waals surface area contributed by atoms with Gasteiger partial charge in [-0.05, 0) is 0 Å². The van der Waals surface area contributed by atoms with Crippen LogP contribution in [-0.2, 0) is 19.2 Å².